The molecule has 24 heavy (non-hydrogen) atoms. The highest BCUT2D eigenvalue weighted by Crippen LogP contribution is 2.34. The number of carbonyl (C=O) groups excluding carboxylic acids is 1. The summed E-state index contributed by atoms with van der Waals surface area (Å²) in [7, 11) is 1.52. The van der Waals surface area contributed by atoms with E-state index in [0.717, 1.165) is 0 Å². The number of thiophene rings is 1. The monoisotopic (exact) mass is 353 g/mol. The zero-order valence-corrected chi connectivity index (χ0v) is 14.7. The second kappa shape index (κ2) is 7.10. The molecular weight excluding hydrogens is 334 g/mol. The van der Waals surface area contributed by atoms with Gasteiger partial charge in [-0.3, -0.25) is 0 Å². The fraction of sp³-hybridized carbons (Fsp3) is 0.467. The largest absolute Gasteiger partial charge is 0.480 e. The van der Waals surface area contributed by atoms with Crippen LogP contribution in [0.2, 0.25) is 0 Å². The number of nitrogens with one attached hydrogen (secondary N) is 1. The Hall–Kier alpha value is -2.26. The SMILES string of the molecule is COCCOC(=O)c1sc2ncnc(NC(C)(C)C(=O)O)c2c1C. The predicted molar refractivity (Wildman–Crippen MR) is 89.6 cm³/mol. The third-order valence-corrected chi connectivity index (χ3v) is 4.58. The van der Waals surface area contributed by atoms with Crippen LogP contribution < -0.4 is 5.32 Å². The summed E-state index contributed by atoms with van der Waals surface area (Å²) >= 11 is 1.18. The third kappa shape index (κ3) is 3.62. The molecule has 2 aromatic rings. The van der Waals surface area contributed by atoms with Gasteiger partial charge in [-0.15, -0.1) is 11.3 Å². The van der Waals surface area contributed by atoms with Crippen LogP contribution in [-0.4, -0.2) is 52.9 Å². The van der Waals surface area contributed by atoms with Crippen LogP contribution in [0.15, 0.2) is 6.33 Å². The van der Waals surface area contributed by atoms with Gasteiger partial charge in [-0.1, -0.05) is 0 Å². The Balaban J connectivity index is 2.39. The maximum Gasteiger partial charge on any atom is 0.348 e. The van der Waals surface area contributed by atoms with Crippen LogP contribution in [0.1, 0.15) is 29.1 Å². The van der Waals surface area contributed by atoms with Crippen molar-refractivity contribution >= 4 is 39.3 Å². The van der Waals surface area contributed by atoms with E-state index in [0.29, 0.717) is 33.1 Å². The second-order valence-corrected chi connectivity index (χ2v) is 6.64. The number of ether oxygens (including phenoxy) is 2. The Bertz CT molecular complexity index is 772. The lowest BCUT2D eigenvalue weighted by molar-refractivity contribution is -0.141. The van der Waals surface area contributed by atoms with Crippen molar-refractivity contribution in [2.24, 2.45) is 0 Å². The smallest absolute Gasteiger partial charge is 0.348 e. The van der Waals surface area contributed by atoms with Crippen molar-refractivity contribution in [1.29, 1.82) is 0 Å². The molecule has 0 bridgehead atoms. The number of carbonyl (C=O) groups is 2. The first-order valence-corrected chi connectivity index (χ1v) is 8.01. The summed E-state index contributed by atoms with van der Waals surface area (Å²) in [5, 5.41) is 12.8. The predicted octanol–water partition coefficient (Wildman–Crippen LogP) is 2.08. The van der Waals surface area contributed by atoms with Crippen molar-refractivity contribution in [3.8, 4) is 0 Å². The van der Waals surface area contributed by atoms with Gasteiger partial charge in [0.1, 0.15) is 34.0 Å². The first-order chi connectivity index (χ1) is 11.3. The van der Waals surface area contributed by atoms with E-state index in [-0.39, 0.29) is 6.61 Å². The van der Waals surface area contributed by atoms with Gasteiger partial charge in [0.05, 0.1) is 12.0 Å². The fourth-order valence-electron chi connectivity index (χ4n) is 1.99. The summed E-state index contributed by atoms with van der Waals surface area (Å²) in [5.41, 5.74) is -0.559. The molecule has 0 radical (unpaired) electrons. The van der Waals surface area contributed by atoms with Crippen LogP contribution in [0, 0.1) is 6.92 Å². The minimum atomic E-state index is -1.21. The molecule has 0 unspecified atom stereocenters. The molecule has 0 saturated heterocycles. The molecule has 2 heterocycles. The number of rotatable bonds is 7. The Kier molecular flexibility index (Phi) is 5.35. The highest BCUT2D eigenvalue weighted by atomic mass is 32.1. The number of carboxylic acids is 1. The molecule has 2 N–H and O–H groups in total. The number of aromatic nitrogens is 2. The van der Waals surface area contributed by atoms with Crippen LogP contribution in [0.3, 0.4) is 0 Å². The normalized spacial score (nSPS) is 11.5. The number of aliphatic carboxylic acids is 1. The highest BCUT2D eigenvalue weighted by molar-refractivity contribution is 7.20. The second-order valence-electron chi connectivity index (χ2n) is 5.64. The molecule has 0 fully saturated rings. The molecule has 8 nitrogen and oxygen atoms in total. The van der Waals surface area contributed by atoms with E-state index in [2.05, 4.69) is 15.3 Å². The van der Waals surface area contributed by atoms with Crippen molar-refractivity contribution < 1.29 is 24.2 Å². The zero-order valence-electron chi connectivity index (χ0n) is 13.9. The summed E-state index contributed by atoms with van der Waals surface area (Å²) in [6.07, 6.45) is 1.33. The summed E-state index contributed by atoms with van der Waals surface area (Å²) in [6.45, 7) is 5.30. The van der Waals surface area contributed by atoms with E-state index in [9.17, 15) is 14.7 Å². The molecule has 9 heteroatoms. The van der Waals surface area contributed by atoms with Crippen molar-refractivity contribution in [3.63, 3.8) is 0 Å². The average Bonchev–Trinajstić information content (AvgIpc) is 2.85. The van der Waals surface area contributed by atoms with Gasteiger partial charge in [-0.05, 0) is 26.3 Å². The number of nitrogens with zero attached hydrogens (tertiary/aromatic N) is 2. The van der Waals surface area contributed by atoms with Crippen LogP contribution in [0.4, 0.5) is 5.82 Å². The van der Waals surface area contributed by atoms with E-state index >= 15 is 0 Å². The number of hydrogen-bond acceptors (Lipinski definition) is 8. The van der Waals surface area contributed by atoms with E-state index in [1.54, 1.807) is 6.92 Å². The van der Waals surface area contributed by atoms with Crippen molar-refractivity contribution in [3.05, 3.63) is 16.8 Å². The number of carboxylic acid groups (broad SMARTS) is 1. The van der Waals surface area contributed by atoms with Crippen molar-refractivity contribution in [1.82, 2.24) is 9.97 Å². The minimum Gasteiger partial charge on any atom is -0.480 e. The van der Waals surface area contributed by atoms with Gasteiger partial charge in [0, 0.05) is 7.11 Å². The molecule has 0 amide bonds. The van der Waals surface area contributed by atoms with Gasteiger partial charge in [-0.25, -0.2) is 19.6 Å². The lowest BCUT2D eigenvalue weighted by atomic mass is 10.1. The number of methoxy groups -OCH3 is 1. The van der Waals surface area contributed by atoms with Gasteiger partial charge in [0.15, 0.2) is 0 Å². The molecule has 2 rings (SSSR count). The van der Waals surface area contributed by atoms with Gasteiger partial charge >= 0.3 is 11.9 Å². The molecule has 0 aliphatic heterocycles. The Morgan fingerprint density at radius 2 is 2.04 bits per heavy atom. The third-order valence-electron chi connectivity index (χ3n) is 3.40. The van der Waals surface area contributed by atoms with Crippen LogP contribution in [-0.2, 0) is 14.3 Å². The molecule has 0 spiro atoms. The Labute approximate surface area is 142 Å². The van der Waals surface area contributed by atoms with Gasteiger partial charge in [-0.2, -0.15) is 0 Å². The van der Waals surface area contributed by atoms with E-state index in [4.69, 9.17) is 9.47 Å². The standard InChI is InChI=1S/C15H19N3O5S/c1-8-9-11(18-15(2,3)14(20)21)16-7-17-12(9)24-10(8)13(19)23-6-5-22-4/h7H,5-6H2,1-4H3,(H,20,21)(H,16,17,18). The highest BCUT2D eigenvalue weighted by Gasteiger charge is 2.29. The van der Waals surface area contributed by atoms with E-state index in [1.165, 1.54) is 38.6 Å². The molecule has 0 aliphatic rings. The van der Waals surface area contributed by atoms with E-state index in [1.807, 2.05) is 0 Å². The number of esters is 1. The van der Waals surface area contributed by atoms with Gasteiger partial charge < -0.3 is 19.9 Å². The number of aryl methyl sites for hydroxylation is 1. The lowest BCUT2D eigenvalue weighted by Gasteiger charge is -2.22. The van der Waals surface area contributed by atoms with Crippen LogP contribution in [0.5, 0.6) is 0 Å². The molecule has 2 aromatic heterocycles. The Morgan fingerprint density at radius 1 is 1.33 bits per heavy atom. The topological polar surface area (TPSA) is 111 Å². The lowest BCUT2D eigenvalue weighted by Crippen LogP contribution is -2.40. The Morgan fingerprint density at radius 3 is 2.67 bits per heavy atom. The summed E-state index contributed by atoms with van der Waals surface area (Å²) < 4.78 is 9.99. The maximum absolute atomic E-state index is 12.2. The molecular formula is C15H19N3O5S. The minimum absolute atomic E-state index is 0.159. The molecule has 0 saturated carbocycles. The van der Waals surface area contributed by atoms with Gasteiger partial charge in [0.25, 0.3) is 0 Å². The molecule has 0 aliphatic carbocycles. The van der Waals surface area contributed by atoms with Crippen LogP contribution in [0.25, 0.3) is 10.2 Å². The summed E-state index contributed by atoms with van der Waals surface area (Å²) in [5.74, 6) is -1.10. The summed E-state index contributed by atoms with van der Waals surface area (Å²) in [6, 6.07) is 0. The number of anilines is 1. The summed E-state index contributed by atoms with van der Waals surface area (Å²) in [4.78, 5) is 32.8. The maximum atomic E-state index is 12.2. The first kappa shape index (κ1) is 18.1. The molecule has 130 valence electrons. The van der Waals surface area contributed by atoms with Crippen molar-refractivity contribution in [2.75, 3.05) is 25.6 Å². The molecule has 0 aromatic carbocycles. The van der Waals surface area contributed by atoms with Crippen molar-refractivity contribution in [2.45, 2.75) is 26.3 Å². The number of fused-ring (bicyclic) bond motifs is 1. The number of hydrogen-bond donors (Lipinski definition) is 2. The van der Waals surface area contributed by atoms with Gasteiger partial charge in [0.2, 0.25) is 0 Å². The first-order valence-electron chi connectivity index (χ1n) is 7.19. The average molecular weight is 353 g/mol. The van der Waals surface area contributed by atoms with Crippen LogP contribution >= 0.6 is 11.3 Å². The zero-order chi connectivity index (χ0) is 17.9. The fourth-order valence-corrected chi connectivity index (χ4v) is 3.04. The quantitative estimate of drug-likeness (QED) is 0.575. The molecule has 0 atom stereocenters. The van der Waals surface area contributed by atoms with E-state index < -0.39 is 17.5 Å².